The number of fused-ring (bicyclic) bond motifs is 1. The number of nitrogens with one attached hydrogen (secondary N) is 1. The summed E-state index contributed by atoms with van der Waals surface area (Å²) >= 11 is 0. The van der Waals surface area contributed by atoms with Crippen LogP contribution in [-0.2, 0) is 0 Å². The van der Waals surface area contributed by atoms with Crippen LogP contribution in [0.2, 0.25) is 0 Å². The van der Waals surface area contributed by atoms with Crippen LogP contribution in [0, 0.1) is 12.3 Å². The van der Waals surface area contributed by atoms with Crippen molar-refractivity contribution in [1.82, 2.24) is 9.55 Å². The van der Waals surface area contributed by atoms with Gasteiger partial charge in [0.15, 0.2) is 0 Å². The van der Waals surface area contributed by atoms with Gasteiger partial charge >= 0.3 is 0 Å². The van der Waals surface area contributed by atoms with Crippen LogP contribution in [0.1, 0.15) is 22.3 Å². The Kier molecular flexibility index (Phi) is 5.29. The first-order valence-corrected chi connectivity index (χ1v) is 10.7. The maximum Gasteiger partial charge on any atom is 0.132 e. The van der Waals surface area contributed by atoms with Crippen molar-refractivity contribution in [2.24, 2.45) is 10.7 Å². The molecule has 3 N–H and O–H groups in total. The highest BCUT2D eigenvalue weighted by Gasteiger charge is 2.13. The molecule has 0 aliphatic rings. The van der Waals surface area contributed by atoms with Gasteiger partial charge in [-0.05, 0) is 42.8 Å². The Morgan fingerprint density at radius 1 is 0.848 bits per heavy atom. The van der Waals surface area contributed by atoms with Gasteiger partial charge in [0.1, 0.15) is 12.2 Å². The van der Waals surface area contributed by atoms with Crippen molar-refractivity contribution in [2.45, 2.75) is 6.92 Å². The maximum atomic E-state index is 8.67. The van der Waals surface area contributed by atoms with E-state index < -0.39 is 0 Å². The third-order valence-corrected chi connectivity index (χ3v) is 5.60. The maximum absolute atomic E-state index is 8.67. The van der Waals surface area contributed by atoms with Crippen molar-refractivity contribution in [3.8, 4) is 5.69 Å². The molecule has 1 heterocycles. The number of aryl methyl sites for hydroxylation is 1. The molecule has 5 nitrogen and oxygen atoms in total. The zero-order valence-electron chi connectivity index (χ0n) is 18.2. The number of aliphatic imine (C=N–C) groups is 1. The molecule has 0 atom stereocenters. The lowest BCUT2D eigenvalue weighted by Gasteiger charge is -2.11. The molecule has 0 fully saturated rings. The lowest BCUT2D eigenvalue weighted by molar-refractivity contribution is 1.09. The second-order valence-electron chi connectivity index (χ2n) is 7.91. The molecule has 0 aliphatic heterocycles. The molecule has 0 spiro atoms. The van der Waals surface area contributed by atoms with E-state index in [4.69, 9.17) is 11.1 Å². The van der Waals surface area contributed by atoms with Crippen LogP contribution in [0.4, 0.5) is 5.69 Å². The molecule has 1 aromatic heterocycles. The number of hydrogen-bond acceptors (Lipinski definition) is 3. The molecular weight excluding hydrogens is 406 g/mol. The zero-order chi connectivity index (χ0) is 22.8. The molecule has 0 unspecified atom stereocenters. The van der Waals surface area contributed by atoms with Gasteiger partial charge in [0.25, 0.3) is 0 Å². The summed E-state index contributed by atoms with van der Waals surface area (Å²) in [5.74, 6) is 0.365. The molecule has 0 saturated heterocycles. The summed E-state index contributed by atoms with van der Waals surface area (Å²) in [5, 5.41) is 8.67. The third kappa shape index (κ3) is 4.04. The Labute approximate surface area is 192 Å². The second-order valence-corrected chi connectivity index (χ2v) is 7.91. The number of nitrogens with zero attached hydrogens (tertiary/aromatic N) is 3. The van der Waals surface area contributed by atoms with Crippen LogP contribution in [0.25, 0.3) is 16.7 Å². The number of aromatic nitrogens is 2. The van der Waals surface area contributed by atoms with Crippen LogP contribution in [0.3, 0.4) is 0 Å². The number of rotatable bonds is 5. The van der Waals surface area contributed by atoms with Gasteiger partial charge in [0, 0.05) is 22.4 Å². The smallest absolute Gasteiger partial charge is 0.132 e. The van der Waals surface area contributed by atoms with Crippen molar-refractivity contribution < 1.29 is 0 Å². The summed E-state index contributed by atoms with van der Waals surface area (Å²) in [6.07, 6.45) is 1.83. The standard InChI is InChI=1S/C28H23N5/c1-19-8-7-11-22(16-19)33-18-31-25-17-21(14-15-26(25)33)32-28(30)24-13-6-5-12-23(24)27(29)20-9-3-2-4-10-20/h2-18,29H,1H3,(H2,30,32). The van der Waals surface area contributed by atoms with Crippen LogP contribution < -0.4 is 5.73 Å². The Morgan fingerprint density at radius 2 is 1.61 bits per heavy atom. The van der Waals surface area contributed by atoms with E-state index >= 15 is 0 Å². The number of amidine groups is 1. The fraction of sp³-hybridized carbons (Fsp3) is 0.0357. The molecule has 5 aromatic rings. The van der Waals surface area contributed by atoms with E-state index in [1.807, 2.05) is 85.2 Å². The normalized spacial score (nSPS) is 11.6. The van der Waals surface area contributed by atoms with Gasteiger partial charge in [0.05, 0.1) is 22.4 Å². The van der Waals surface area contributed by atoms with E-state index in [9.17, 15) is 0 Å². The molecular formula is C28H23N5. The van der Waals surface area contributed by atoms with Crippen LogP contribution in [0.15, 0.2) is 108 Å². The molecule has 0 saturated carbocycles. The Morgan fingerprint density at radius 3 is 2.39 bits per heavy atom. The lowest BCUT2D eigenvalue weighted by Crippen LogP contribution is -2.18. The molecule has 5 rings (SSSR count). The Hall–Kier alpha value is -4.51. The topological polar surface area (TPSA) is 80.1 Å². The summed E-state index contributed by atoms with van der Waals surface area (Å²) in [6, 6.07) is 31.4. The minimum Gasteiger partial charge on any atom is -0.383 e. The summed E-state index contributed by atoms with van der Waals surface area (Å²) < 4.78 is 2.07. The molecule has 0 radical (unpaired) electrons. The molecule has 0 aliphatic carbocycles. The van der Waals surface area contributed by atoms with Crippen molar-refractivity contribution in [1.29, 1.82) is 5.41 Å². The minimum absolute atomic E-state index is 0.365. The molecule has 5 heteroatoms. The summed E-state index contributed by atoms with van der Waals surface area (Å²) in [6.45, 7) is 2.08. The number of nitrogens with two attached hydrogens (primary N) is 1. The average molecular weight is 430 g/mol. The van der Waals surface area contributed by atoms with Crippen molar-refractivity contribution in [2.75, 3.05) is 0 Å². The van der Waals surface area contributed by atoms with Gasteiger partial charge in [-0.15, -0.1) is 0 Å². The fourth-order valence-corrected chi connectivity index (χ4v) is 3.94. The van der Waals surface area contributed by atoms with E-state index in [1.165, 1.54) is 5.56 Å². The number of imidazole rings is 1. The zero-order valence-corrected chi connectivity index (χ0v) is 18.2. The van der Waals surface area contributed by atoms with Crippen LogP contribution >= 0.6 is 0 Å². The van der Waals surface area contributed by atoms with Gasteiger partial charge < -0.3 is 5.73 Å². The largest absolute Gasteiger partial charge is 0.383 e. The third-order valence-electron chi connectivity index (χ3n) is 5.60. The monoisotopic (exact) mass is 429 g/mol. The number of benzene rings is 4. The summed E-state index contributed by atoms with van der Waals surface area (Å²) in [4.78, 5) is 9.23. The van der Waals surface area contributed by atoms with Crippen molar-refractivity contribution in [3.05, 3.63) is 126 Å². The van der Waals surface area contributed by atoms with E-state index in [-0.39, 0.29) is 0 Å². The van der Waals surface area contributed by atoms with E-state index in [2.05, 4.69) is 39.7 Å². The first-order valence-electron chi connectivity index (χ1n) is 10.7. The average Bonchev–Trinajstić information content (AvgIpc) is 3.27. The summed E-state index contributed by atoms with van der Waals surface area (Å²) in [5.41, 5.74) is 14.0. The van der Waals surface area contributed by atoms with Crippen LogP contribution in [-0.4, -0.2) is 21.1 Å². The Balaban J connectivity index is 1.50. The van der Waals surface area contributed by atoms with E-state index in [0.717, 1.165) is 39.1 Å². The summed E-state index contributed by atoms with van der Waals surface area (Å²) in [7, 11) is 0. The highest BCUT2D eigenvalue weighted by molar-refractivity contribution is 6.17. The molecule has 0 bridgehead atoms. The van der Waals surface area contributed by atoms with Gasteiger partial charge in [0.2, 0.25) is 0 Å². The van der Waals surface area contributed by atoms with Crippen molar-refractivity contribution in [3.63, 3.8) is 0 Å². The van der Waals surface area contributed by atoms with E-state index in [1.54, 1.807) is 0 Å². The van der Waals surface area contributed by atoms with Crippen LogP contribution in [0.5, 0.6) is 0 Å². The van der Waals surface area contributed by atoms with E-state index in [0.29, 0.717) is 11.5 Å². The minimum atomic E-state index is 0.365. The molecule has 33 heavy (non-hydrogen) atoms. The quantitative estimate of drug-likeness (QED) is 0.274. The predicted octanol–water partition coefficient (Wildman–Crippen LogP) is 5.79. The molecule has 4 aromatic carbocycles. The second kappa shape index (κ2) is 8.55. The first-order chi connectivity index (χ1) is 16.1. The van der Waals surface area contributed by atoms with Gasteiger partial charge in [-0.1, -0.05) is 66.7 Å². The molecule has 160 valence electrons. The van der Waals surface area contributed by atoms with Gasteiger partial charge in [-0.2, -0.15) is 0 Å². The van der Waals surface area contributed by atoms with Gasteiger partial charge in [-0.25, -0.2) is 9.98 Å². The van der Waals surface area contributed by atoms with Gasteiger partial charge in [-0.3, -0.25) is 9.98 Å². The fourth-order valence-electron chi connectivity index (χ4n) is 3.94. The van der Waals surface area contributed by atoms with Crippen molar-refractivity contribution >= 4 is 28.3 Å². The Bertz CT molecular complexity index is 1500. The highest BCUT2D eigenvalue weighted by atomic mass is 15.0. The first kappa shape index (κ1) is 20.4. The SMILES string of the molecule is Cc1cccc(-n2cnc3cc(N=C(N)c4ccccc4C(=N)c4ccccc4)ccc32)c1. The lowest BCUT2D eigenvalue weighted by atomic mass is 9.97. The molecule has 0 amide bonds. The highest BCUT2D eigenvalue weighted by Crippen LogP contribution is 2.24. The predicted molar refractivity (Wildman–Crippen MR) is 135 cm³/mol. The number of hydrogen-bond donors (Lipinski definition) is 2.